The molecule has 0 aliphatic rings. The highest BCUT2D eigenvalue weighted by Crippen LogP contribution is 2.12. The number of anilines is 1. The van der Waals surface area contributed by atoms with E-state index in [1.165, 1.54) is 44.1 Å². The van der Waals surface area contributed by atoms with Crippen LogP contribution in [-0.2, 0) is 11.2 Å². The Morgan fingerprint density at radius 3 is 2.29 bits per heavy atom. The Bertz CT molecular complexity index is 305. The van der Waals surface area contributed by atoms with E-state index in [1.807, 2.05) is 12.1 Å². The summed E-state index contributed by atoms with van der Waals surface area (Å²) in [4.78, 5) is 10.2. The van der Waals surface area contributed by atoms with Crippen molar-refractivity contribution in [2.24, 2.45) is 0 Å². The van der Waals surface area contributed by atoms with Crippen LogP contribution in [0.1, 0.15) is 51.0 Å². The maximum Gasteiger partial charge on any atom is 0.211 e. The summed E-state index contributed by atoms with van der Waals surface area (Å²) in [5.74, 6) is 0. The first-order chi connectivity index (χ1) is 8.36. The highest BCUT2D eigenvalue weighted by molar-refractivity contribution is 5.70. The molecule has 1 amide bonds. The molecule has 0 heterocycles. The summed E-state index contributed by atoms with van der Waals surface area (Å²) in [5.41, 5.74) is 2.23. The van der Waals surface area contributed by atoms with E-state index in [9.17, 15) is 4.79 Å². The lowest BCUT2D eigenvalue weighted by atomic mass is 10.0. The summed E-state index contributed by atoms with van der Waals surface area (Å²) < 4.78 is 0. The Labute approximate surface area is 104 Å². The fraction of sp³-hybridized carbons (Fsp3) is 0.533. The third-order valence-corrected chi connectivity index (χ3v) is 3.00. The number of hydrogen-bond donors (Lipinski definition) is 1. The zero-order valence-electron chi connectivity index (χ0n) is 10.7. The summed E-state index contributed by atoms with van der Waals surface area (Å²) in [6.45, 7) is 2.24. The maximum atomic E-state index is 10.2. The molecule has 0 aliphatic heterocycles. The summed E-state index contributed by atoms with van der Waals surface area (Å²) in [7, 11) is 0. The number of aryl methyl sites for hydroxylation is 1. The summed E-state index contributed by atoms with van der Waals surface area (Å²) in [6, 6.07) is 8.11. The second-order valence-electron chi connectivity index (χ2n) is 4.48. The lowest BCUT2D eigenvalue weighted by Crippen LogP contribution is -1.93. The van der Waals surface area contributed by atoms with Crippen molar-refractivity contribution in [3.8, 4) is 0 Å². The lowest BCUT2D eigenvalue weighted by Gasteiger charge is -2.03. The average Bonchev–Trinajstić information content (AvgIpc) is 2.36. The molecule has 0 unspecified atom stereocenters. The van der Waals surface area contributed by atoms with E-state index in [4.69, 9.17) is 0 Å². The van der Waals surface area contributed by atoms with Crippen molar-refractivity contribution in [2.45, 2.75) is 51.9 Å². The zero-order chi connectivity index (χ0) is 12.3. The number of nitrogens with one attached hydrogen (secondary N) is 1. The van der Waals surface area contributed by atoms with Gasteiger partial charge in [0, 0.05) is 5.69 Å². The Kier molecular flexibility index (Phi) is 7.12. The van der Waals surface area contributed by atoms with Crippen molar-refractivity contribution in [3.05, 3.63) is 29.8 Å². The number of carbonyl (C=O) groups excluding carboxylic acids is 1. The lowest BCUT2D eigenvalue weighted by molar-refractivity contribution is -0.105. The van der Waals surface area contributed by atoms with Gasteiger partial charge in [-0.05, 0) is 30.5 Å². The van der Waals surface area contributed by atoms with Crippen LogP contribution in [0.2, 0.25) is 0 Å². The molecule has 0 aromatic heterocycles. The number of benzene rings is 1. The molecule has 0 spiro atoms. The number of unbranched alkanes of at least 4 members (excludes halogenated alkanes) is 5. The number of rotatable bonds is 9. The van der Waals surface area contributed by atoms with E-state index in [1.54, 1.807) is 0 Å². The Hall–Kier alpha value is -1.31. The van der Waals surface area contributed by atoms with Crippen LogP contribution in [-0.4, -0.2) is 6.41 Å². The molecule has 0 radical (unpaired) electrons. The van der Waals surface area contributed by atoms with Crippen LogP contribution in [0, 0.1) is 0 Å². The molecule has 1 N–H and O–H groups in total. The molecule has 17 heavy (non-hydrogen) atoms. The third-order valence-electron chi connectivity index (χ3n) is 3.00. The van der Waals surface area contributed by atoms with Gasteiger partial charge in [-0.15, -0.1) is 0 Å². The van der Waals surface area contributed by atoms with Crippen molar-refractivity contribution in [1.82, 2.24) is 0 Å². The largest absolute Gasteiger partial charge is 0.329 e. The molecule has 2 heteroatoms. The Balaban J connectivity index is 2.16. The van der Waals surface area contributed by atoms with E-state index in [2.05, 4.69) is 24.4 Å². The zero-order valence-corrected chi connectivity index (χ0v) is 10.7. The SMILES string of the molecule is CCCCCCCCc1ccc(NC=O)cc1. The Morgan fingerprint density at radius 2 is 1.65 bits per heavy atom. The maximum absolute atomic E-state index is 10.2. The van der Waals surface area contributed by atoms with Crippen LogP contribution >= 0.6 is 0 Å². The van der Waals surface area contributed by atoms with Crippen LogP contribution in [0.3, 0.4) is 0 Å². The van der Waals surface area contributed by atoms with Crippen molar-refractivity contribution in [3.63, 3.8) is 0 Å². The smallest absolute Gasteiger partial charge is 0.211 e. The average molecular weight is 233 g/mol. The minimum absolute atomic E-state index is 0.711. The predicted octanol–water partition coefficient (Wildman–Crippen LogP) is 4.16. The molecular formula is C15H23NO. The topological polar surface area (TPSA) is 29.1 Å². The van der Waals surface area contributed by atoms with Crippen LogP contribution in [0.5, 0.6) is 0 Å². The molecule has 2 nitrogen and oxygen atoms in total. The van der Waals surface area contributed by atoms with Gasteiger partial charge in [0.05, 0.1) is 0 Å². The Morgan fingerprint density at radius 1 is 1.00 bits per heavy atom. The van der Waals surface area contributed by atoms with Crippen LogP contribution in [0.25, 0.3) is 0 Å². The van der Waals surface area contributed by atoms with E-state index in [-0.39, 0.29) is 0 Å². The third kappa shape index (κ3) is 6.10. The normalized spacial score (nSPS) is 10.2. The molecule has 0 saturated heterocycles. The molecule has 0 atom stereocenters. The van der Waals surface area contributed by atoms with Crippen molar-refractivity contribution in [2.75, 3.05) is 5.32 Å². The van der Waals surface area contributed by atoms with Gasteiger partial charge in [-0.1, -0.05) is 51.2 Å². The summed E-state index contributed by atoms with van der Waals surface area (Å²) >= 11 is 0. The molecule has 94 valence electrons. The van der Waals surface area contributed by atoms with Crippen LogP contribution in [0.15, 0.2) is 24.3 Å². The predicted molar refractivity (Wildman–Crippen MR) is 73.2 cm³/mol. The van der Waals surface area contributed by atoms with Gasteiger partial charge in [0.15, 0.2) is 0 Å². The summed E-state index contributed by atoms with van der Waals surface area (Å²) in [5, 5.41) is 2.64. The molecular weight excluding hydrogens is 210 g/mol. The van der Waals surface area contributed by atoms with E-state index >= 15 is 0 Å². The van der Waals surface area contributed by atoms with Crippen LogP contribution < -0.4 is 5.32 Å². The monoisotopic (exact) mass is 233 g/mol. The fourth-order valence-electron chi connectivity index (χ4n) is 1.95. The fourth-order valence-corrected chi connectivity index (χ4v) is 1.95. The molecule has 0 saturated carbocycles. The molecule has 0 bridgehead atoms. The highest BCUT2D eigenvalue weighted by Gasteiger charge is 1.95. The molecule has 0 aliphatic carbocycles. The number of amides is 1. The van der Waals surface area contributed by atoms with E-state index < -0.39 is 0 Å². The second kappa shape index (κ2) is 8.80. The molecule has 1 rings (SSSR count). The minimum Gasteiger partial charge on any atom is -0.329 e. The first-order valence-corrected chi connectivity index (χ1v) is 6.66. The van der Waals surface area contributed by atoms with Gasteiger partial charge in [0.1, 0.15) is 0 Å². The van der Waals surface area contributed by atoms with E-state index in [0.29, 0.717) is 6.41 Å². The van der Waals surface area contributed by atoms with Crippen molar-refractivity contribution in [1.29, 1.82) is 0 Å². The van der Waals surface area contributed by atoms with Gasteiger partial charge in [0.2, 0.25) is 6.41 Å². The summed E-state index contributed by atoms with van der Waals surface area (Å²) in [6.07, 6.45) is 9.86. The number of hydrogen-bond acceptors (Lipinski definition) is 1. The second-order valence-corrected chi connectivity index (χ2v) is 4.48. The van der Waals surface area contributed by atoms with Gasteiger partial charge in [-0.3, -0.25) is 4.79 Å². The van der Waals surface area contributed by atoms with Gasteiger partial charge in [-0.25, -0.2) is 0 Å². The minimum atomic E-state index is 0.711. The molecule has 0 fully saturated rings. The number of carbonyl (C=O) groups is 1. The van der Waals surface area contributed by atoms with Gasteiger partial charge >= 0.3 is 0 Å². The molecule has 1 aromatic rings. The standard InChI is InChI=1S/C15H23NO/c1-2-3-4-5-6-7-8-14-9-11-15(12-10-14)16-13-17/h9-13H,2-8H2,1H3,(H,16,17). The molecule has 1 aromatic carbocycles. The van der Waals surface area contributed by atoms with Crippen molar-refractivity contribution < 1.29 is 4.79 Å². The van der Waals surface area contributed by atoms with Gasteiger partial charge in [0.25, 0.3) is 0 Å². The first kappa shape index (κ1) is 13.8. The highest BCUT2D eigenvalue weighted by atomic mass is 16.1. The van der Waals surface area contributed by atoms with Gasteiger partial charge < -0.3 is 5.32 Å². The van der Waals surface area contributed by atoms with E-state index in [0.717, 1.165) is 12.1 Å². The first-order valence-electron chi connectivity index (χ1n) is 6.66. The quantitative estimate of drug-likeness (QED) is 0.503. The van der Waals surface area contributed by atoms with Crippen molar-refractivity contribution >= 4 is 12.1 Å². The van der Waals surface area contributed by atoms with Crippen LogP contribution in [0.4, 0.5) is 5.69 Å². The van der Waals surface area contributed by atoms with Gasteiger partial charge in [-0.2, -0.15) is 0 Å².